The molecular formula is C11H13BrN2O3. The predicted molar refractivity (Wildman–Crippen MR) is 65.8 cm³/mol. The largest absolute Gasteiger partial charge is 0.454 e. The fraction of sp³-hybridized carbons (Fsp3) is 0.364. The summed E-state index contributed by atoms with van der Waals surface area (Å²) in [6.45, 7) is 1.47. The number of fused-ring (bicyclic) bond motifs is 1. The Hall–Kier alpha value is -1.27. The third-order valence-electron chi connectivity index (χ3n) is 2.41. The van der Waals surface area contributed by atoms with Crippen LogP contribution in [0.25, 0.3) is 0 Å². The maximum atomic E-state index is 10.6. The number of carbonyl (C=O) groups is 1. The Morgan fingerprint density at radius 3 is 2.82 bits per heavy atom. The van der Waals surface area contributed by atoms with E-state index in [1.807, 2.05) is 12.1 Å². The maximum absolute atomic E-state index is 10.6. The first kappa shape index (κ1) is 12.2. The van der Waals surface area contributed by atoms with E-state index in [2.05, 4.69) is 21.2 Å². The lowest BCUT2D eigenvalue weighted by atomic mass is 10.2. The number of hydrogen-bond donors (Lipinski definition) is 2. The molecule has 5 nitrogen and oxygen atoms in total. The van der Waals surface area contributed by atoms with E-state index in [1.165, 1.54) is 0 Å². The van der Waals surface area contributed by atoms with Crippen molar-refractivity contribution in [2.45, 2.75) is 13.0 Å². The van der Waals surface area contributed by atoms with E-state index in [0.717, 1.165) is 21.5 Å². The van der Waals surface area contributed by atoms with Crippen LogP contribution in [0.1, 0.15) is 12.0 Å². The Kier molecular flexibility index (Phi) is 3.86. The van der Waals surface area contributed by atoms with Crippen molar-refractivity contribution in [2.75, 3.05) is 13.3 Å². The van der Waals surface area contributed by atoms with Gasteiger partial charge < -0.3 is 20.5 Å². The number of nitrogens with one attached hydrogen (secondary N) is 1. The van der Waals surface area contributed by atoms with Gasteiger partial charge in [0.2, 0.25) is 12.7 Å². The first-order valence-electron chi connectivity index (χ1n) is 5.24. The summed E-state index contributed by atoms with van der Waals surface area (Å²) in [7, 11) is 0. The second-order valence-electron chi connectivity index (χ2n) is 3.69. The zero-order valence-corrected chi connectivity index (χ0v) is 10.7. The van der Waals surface area contributed by atoms with E-state index in [1.54, 1.807) is 0 Å². The highest BCUT2D eigenvalue weighted by atomic mass is 79.9. The van der Waals surface area contributed by atoms with Crippen molar-refractivity contribution >= 4 is 21.8 Å². The smallest absolute Gasteiger partial charge is 0.231 e. The molecule has 2 rings (SSSR count). The monoisotopic (exact) mass is 300 g/mol. The van der Waals surface area contributed by atoms with Gasteiger partial charge in [0.05, 0.1) is 0 Å². The number of rotatable bonds is 5. The van der Waals surface area contributed by atoms with E-state index in [4.69, 9.17) is 15.2 Å². The standard InChI is InChI=1S/C11H13BrN2O3/c12-8-4-10-9(16-6-17-10)3-7(8)5-14-2-1-11(13)15/h3-4,14H,1-2,5-6H2,(H2,13,15). The zero-order valence-electron chi connectivity index (χ0n) is 9.16. The summed E-state index contributed by atoms with van der Waals surface area (Å²) in [6.07, 6.45) is 0.335. The molecule has 0 spiro atoms. The van der Waals surface area contributed by atoms with Gasteiger partial charge in [0.1, 0.15) is 0 Å². The molecule has 0 unspecified atom stereocenters. The summed E-state index contributed by atoms with van der Waals surface area (Å²) < 4.78 is 11.5. The first-order valence-corrected chi connectivity index (χ1v) is 6.03. The molecule has 0 fully saturated rings. The number of hydrogen-bond acceptors (Lipinski definition) is 4. The fourth-order valence-corrected chi connectivity index (χ4v) is 1.99. The Labute approximate surface area is 107 Å². The number of carbonyl (C=O) groups excluding carboxylic acids is 1. The van der Waals surface area contributed by atoms with Crippen LogP contribution < -0.4 is 20.5 Å². The molecule has 0 atom stereocenters. The second kappa shape index (κ2) is 5.37. The van der Waals surface area contributed by atoms with Gasteiger partial charge in [0.15, 0.2) is 11.5 Å². The SMILES string of the molecule is NC(=O)CCNCc1cc2c(cc1Br)OCO2. The lowest BCUT2D eigenvalue weighted by Crippen LogP contribution is -2.21. The van der Waals surface area contributed by atoms with Gasteiger partial charge in [-0.25, -0.2) is 0 Å². The highest BCUT2D eigenvalue weighted by molar-refractivity contribution is 9.10. The van der Waals surface area contributed by atoms with E-state index in [9.17, 15) is 4.79 Å². The average molecular weight is 301 g/mol. The van der Waals surface area contributed by atoms with Crippen LogP contribution in [0.5, 0.6) is 11.5 Å². The summed E-state index contributed by atoms with van der Waals surface area (Å²) in [6, 6.07) is 3.80. The van der Waals surface area contributed by atoms with Crippen LogP contribution in [0.2, 0.25) is 0 Å². The minimum atomic E-state index is -0.303. The van der Waals surface area contributed by atoms with Crippen LogP contribution >= 0.6 is 15.9 Å². The van der Waals surface area contributed by atoms with Crippen LogP contribution in [-0.2, 0) is 11.3 Å². The zero-order chi connectivity index (χ0) is 12.3. The van der Waals surface area contributed by atoms with Crippen molar-refractivity contribution in [3.63, 3.8) is 0 Å². The molecule has 92 valence electrons. The molecule has 1 amide bonds. The Morgan fingerprint density at radius 2 is 2.12 bits per heavy atom. The minimum Gasteiger partial charge on any atom is -0.454 e. The van der Waals surface area contributed by atoms with Crippen molar-refractivity contribution < 1.29 is 14.3 Å². The third kappa shape index (κ3) is 3.10. The molecule has 1 aromatic carbocycles. The molecule has 3 N–H and O–H groups in total. The Morgan fingerprint density at radius 1 is 1.41 bits per heavy atom. The summed E-state index contributed by atoms with van der Waals surface area (Å²) in [5, 5.41) is 3.14. The van der Waals surface area contributed by atoms with Crippen molar-refractivity contribution in [3.05, 3.63) is 22.2 Å². The Balaban J connectivity index is 1.94. The highest BCUT2D eigenvalue weighted by Crippen LogP contribution is 2.36. The minimum absolute atomic E-state index is 0.264. The van der Waals surface area contributed by atoms with E-state index < -0.39 is 0 Å². The van der Waals surface area contributed by atoms with Gasteiger partial charge >= 0.3 is 0 Å². The maximum Gasteiger partial charge on any atom is 0.231 e. The summed E-state index contributed by atoms with van der Waals surface area (Å²) in [5.41, 5.74) is 6.11. The van der Waals surface area contributed by atoms with Crippen LogP contribution in [0.15, 0.2) is 16.6 Å². The van der Waals surface area contributed by atoms with Crippen molar-refractivity contribution in [2.24, 2.45) is 5.73 Å². The lowest BCUT2D eigenvalue weighted by Gasteiger charge is -2.07. The number of nitrogens with two attached hydrogens (primary N) is 1. The van der Waals surface area contributed by atoms with Crippen LogP contribution in [-0.4, -0.2) is 19.2 Å². The van der Waals surface area contributed by atoms with Crippen LogP contribution in [0.3, 0.4) is 0 Å². The predicted octanol–water partition coefficient (Wildman–Crippen LogP) is 1.14. The van der Waals surface area contributed by atoms with Gasteiger partial charge in [-0.05, 0) is 17.7 Å². The molecule has 0 bridgehead atoms. The van der Waals surface area contributed by atoms with Gasteiger partial charge in [0.25, 0.3) is 0 Å². The van der Waals surface area contributed by atoms with Crippen LogP contribution in [0, 0.1) is 0 Å². The third-order valence-corrected chi connectivity index (χ3v) is 3.14. The molecule has 0 aromatic heterocycles. The summed E-state index contributed by atoms with van der Waals surface area (Å²) in [5.74, 6) is 1.19. The van der Waals surface area contributed by atoms with Gasteiger partial charge in [0, 0.05) is 24.0 Å². The number of amides is 1. The first-order chi connectivity index (χ1) is 8.16. The molecule has 0 aliphatic carbocycles. The molecule has 0 saturated carbocycles. The van der Waals surface area contributed by atoms with Crippen molar-refractivity contribution in [1.82, 2.24) is 5.32 Å². The van der Waals surface area contributed by atoms with E-state index in [0.29, 0.717) is 19.5 Å². The molecule has 6 heteroatoms. The molecular weight excluding hydrogens is 288 g/mol. The fourth-order valence-electron chi connectivity index (χ4n) is 1.53. The quantitative estimate of drug-likeness (QED) is 0.800. The van der Waals surface area contributed by atoms with Gasteiger partial charge in [-0.1, -0.05) is 15.9 Å². The molecule has 1 aliphatic rings. The molecule has 0 radical (unpaired) electrons. The van der Waals surface area contributed by atoms with Crippen molar-refractivity contribution in [1.29, 1.82) is 0 Å². The Bertz CT molecular complexity index is 437. The van der Waals surface area contributed by atoms with E-state index >= 15 is 0 Å². The average Bonchev–Trinajstić information content (AvgIpc) is 2.71. The van der Waals surface area contributed by atoms with Gasteiger partial charge in [-0.2, -0.15) is 0 Å². The molecule has 1 aliphatic heterocycles. The van der Waals surface area contributed by atoms with Crippen molar-refractivity contribution in [3.8, 4) is 11.5 Å². The highest BCUT2D eigenvalue weighted by Gasteiger charge is 2.15. The second-order valence-corrected chi connectivity index (χ2v) is 4.54. The molecule has 0 saturated heterocycles. The number of halogens is 1. The summed E-state index contributed by atoms with van der Waals surface area (Å²) in [4.78, 5) is 10.6. The summed E-state index contributed by atoms with van der Waals surface area (Å²) >= 11 is 3.46. The van der Waals surface area contributed by atoms with Crippen LogP contribution in [0.4, 0.5) is 0 Å². The molecule has 1 heterocycles. The van der Waals surface area contributed by atoms with Gasteiger partial charge in [-0.15, -0.1) is 0 Å². The van der Waals surface area contributed by atoms with E-state index in [-0.39, 0.29) is 12.7 Å². The normalized spacial score (nSPS) is 12.8. The number of ether oxygens (including phenoxy) is 2. The lowest BCUT2D eigenvalue weighted by molar-refractivity contribution is -0.117. The molecule has 17 heavy (non-hydrogen) atoms. The topological polar surface area (TPSA) is 73.6 Å². The number of primary amides is 1. The number of benzene rings is 1. The van der Waals surface area contributed by atoms with Gasteiger partial charge in [-0.3, -0.25) is 4.79 Å². The molecule has 1 aromatic rings.